The van der Waals surface area contributed by atoms with Gasteiger partial charge in [-0.3, -0.25) is 0 Å². The minimum absolute atomic E-state index is 0.469. The largest absolute Gasteiger partial charge is 0.0683 e. The standard InChI is InChI=1S/C19H40.C2H6/c1-9-16(10-2)17(11-3)12-13-18(14-15(4)5)19(6,7)8;1-2/h15-18H,9-14H2,1-8H3;1-2H3/t17-,18?;/m1./s1. The van der Waals surface area contributed by atoms with E-state index >= 15 is 0 Å². The molecule has 0 saturated carbocycles. The van der Waals surface area contributed by atoms with E-state index in [-0.39, 0.29) is 0 Å². The van der Waals surface area contributed by atoms with Gasteiger partial charge in [0, 0.05) is 0 Å². The Bertz CT molecular complexity index is 205. The molecule has 0 amide bonds. The van der Waals surface area contributed by atoms with Crippen molar-refractivity contribution in [3.8, 4) is 0 Å². The predicted octanol–water partition coefficient (Wildman–Crippen LogP) is 7.96. The molecule has 0 heteroatoms. The number of hydrogen-bond donors (Lipinski definition) is 0. The highest BCUT2D eigenvalue weighted by atomic mass is 14.3. The Morgan fingerprint density at radius 3 is 1.43 bits per heavy atom. The fourth-order valence-electron chi connectivity index (χ4n) is 3.62. The summed E-state index contributed by atoms with van der Waals surface area (Å²) in [6, 6.07) is 0. The second-order valence-electron chi connectivity index (χ2n) is 8.01. The normalized spacial score (nSPS) is 14.9. The van der Waals surface area contributed by atoms with Crippen LogP contribution in [0.3, 0.4) is 0 Å². The maximum atomic E-state index is 2.43. The van der Waals surface area contributed by atoms with Crippen molar-refractivity contribution in [1.29, 1.82) is 0 Å². The highest BCUT2D eigenvalue weighted by Gasteiger charge is 2.27. The van der Waals surface area contributed by atoms with Gasteiger partial charge in [-0.15, -0.1) is 0 Å². The van der Waals surface area contributed by atoms with Crippen LogP contribution in [0.25, 0.3) is 0 Å². The van der Waals surface area contributed by atoms with Gasteiger partial charge in [-0.2, -0.15) is 0 Å². The van der Waals surface area contributed by atoms with Crippen molar-refractivity contribution in [2.24, 2.45) is 29.1 Å². The molecule has 0 fully saturated rings. The van der Waals surface area contributed by atoms with Crippen molar-refractivity contribution < 1.29 is 0 Å². The molecule has 0 radical (unpaired) electrons. The van der Waals surface area contributed by atoms with Crippen LogP contribution in [0.2, 0.25) is 0 Å². The lowest BCUT2D eigenvalue weighted by Crippen LogP contribution is -2.24. The maximum absolute atomic E-state index is 2.43. The van der Waals surface area contributed by atoms with E-state index in [1.54, 1.807) is 0 Å². The van der Waals surface area contributed by atoms with Crippen molar-refractivity contribution in [3.05, 3.63) is 0 Å². The Morgan fingerprint density at radius 1 is 0.714 bits per heavy atom. The first kappa shape index (κ1) is 23.3. The van der Waals surface area contributed by atoms with Crippen LogP contribution in [0.15, 0.2) is 0 Å². The lowest BCUT2D eigenvalue weighted by Gasteiger charge is -2.34. The smallest absolute Gasteiger partial charge is 0.0354 e. The first-order valence-corrected chi connectivity index (χ1v) is 9.76. The summed E-state index contributed by atoms with van der Waals surface area (Å²) in [5.41, 5.74) is 0.469. The van der Waals surface area contributed by atoms with E-state index in [1.165, 1.54) is 38.5 Å². The van der Waals surface area contributed by atoms with Crippen LogP contribution in [0.5, 0.6) is 0 Å². The van der Waals surface area contributed by atoms with Crippen molar-refractivity contribution >= 4 is 0 Å². The molecule has 0 aliphatic carbocycles. The molecule has 1 unspecified atom stereocenters. The summed E-state index contributed by atoms with van der Waals surface area (Å²) in [6.45, 7) is 23.2. The quantitative estimate of drug-likeness (QED) is 0.405. The van der Waals surface area contributed by atoms with Gasteiger partial charge in [0.2, 0.25) is 0 Å². The van der Waals surface area contributed by atoms with Crippen LogP contribution in [0.1, 0.15) is 108 Å². The minimum Gasteiger partial charge on any atom is -0.0683 e. The summed E-state index contributed by atoms with van der Waals surface area (Å²) < 4.78 is 0. The van der Waals surface area contributed by atoms with E-state index in [1.807, 2.05) is 13.8 Å². The Kier molecular flexibility index (Phi) is 13.9. The molecular formula is C21H46. The van der Waals surface area contributed by atoms with Gasteiger partial charge in [0.1, 0.15) is 0 Å². The van der Waals surface area contributed by atoms with Crippen LogP contribution in [0, 0.1) is 29.1 Å². The fraction of sp³-hybridized carbons (Fsp3) is 1.00. The first-order valence-electron chi connectivity index (χ1n) is 9.76. The Morgan fingerprint density at radius 2 is 1.14 bits per heavy atom. The molecule has 0 heterocycles. The summed E-state index contributed by atoms with van der Waals surface area (Å²) in [7, 11) is 0. The van der Waals surface area contributed by atoms with Crippen molar-refractivity contribution in [3.63, 3.8) is 0 Å². The maximum Gasteiger partial charge on any atom is -0.0354 e. The zero-order valence-corrected chi connectivity index (χ0v) is 17.1. The molecule has 0 spiro atoms. The van der Waals surface area contributed by atoms with E-state index in [4.69, 9.17) is 0 Å². The highest BCUT2D eigenvalue weighted by molar-refractivity contribution is 4.77. The van der Waals surface area contributed by atoms with Crippen LogP contribution in [0.4, 0.5) is 0 Å². The van der Waals surface area contributed by atoms with Gasteiger partial charge in [0.25, 0.3) is 0 Å². The molecule has 2 atom stereocenters. The zero-order valence-electron chi connectivity index (χ0n) is 17.1. The lowest BCUT2D eigenvalue weighted by atomic mass is 9.71. The average Bonchev–Trinajstić information content (AvgIpc) is 2.42. The van der Waals surface area contributed by atoms with Gasteiger partial charge in [-0.05, 0) is 48.3 Å². The molecule has 0 nitrogen and oxygen atoms in total. The summed E-state index contributed by atoms with van der Waals surface area (Å²) >= 11 is 0. The second kappa shape index (κ2) is 12.5. The summed E-state index contributed by atoms with van der Waals surface area (Å²) in [5, 5.41) is 0. The summed E-state index contributed by atoms with van der Waals surface area (Å²) in [4.78, 5) is 0. The summed E-state index contributed by atoms with van der Waals surface area (Å²) in [6.07, 6.45) is 8.35. The Labute approximate surface area is 137 Å². The molecular weight excluding hydrogens is 252 g/mol. The van der Waals surface area contributed by atoms with Gasteiger partial charge in [-0.1, -0.05) is 88.5 Å². The van der Waals surface area contributed by atoms with E-state index in [2.05, 4.69) is 55.4 Å². The van der Waals surface area contributed by atoms with Crippen molar-refractivity contribution in [1.82, 2.24) is 0 Å². The second-order valence-corrected chi connectivity index (χ2v) is 8.01. The topological polar surface area (TPSA) is 0 Å². The molecule has 0 aromatic heterocycles. The number of hydrogen-bond acceptors (Lipinski definition) is 0. The zero-order chi connectivity index (χ0) is 17.1. The fourth-order valence-corrected chi connectivity index (χ4v) is 3.62. The van der Waals surface area contributed by atoms with E-state index in [9.17, 15) is 0 Å². The van der Waals surface area contributed by atoms with Gasteiger partial charge >= 0.3 is 0 Å². The predicted molar refractivity (Wildman–Crippen MR) is 101 cm³/mol. The summed E-state index contributed by atoms with van der Waals surface area (Å²) in [5.74, 6) is 3.62. The van der Waals surface area contributed by atoms with Crippen LogP contribution in [-0.2, 0) is 0 Å². The van der Waals surface area contributed by atoms with Crippen LogP contribution < -0.4 is 0 Å². The molecule has 0 bridgehead atoms. The van der Waals surface area contributed by atoms with Crippen molar-refractivity contribution in [2.45, 2.75) is 108 Å². The van der Waals surface area contributed by atoms with E-state index in [0.29, 0.717) is 5.41 Å². The van der Waals surface area contributed by atoms with Gasteiger partial charge < -0.3 is 0 Å². The molecule has 0 N–H and O–H groups in total. The average molecular weight is 299 g/mol. The van der Waals surface area contributed by atoms with Gasteiger partial charge in [0.15, 0.2) is 0 Å². The molecule has 0 aromatic carbocycles. The minimum atomic E-state index is 0.469. The van der Waals surface area contributed by atoms with Crippen molar-refractivity contribution in [2.75, 3.05) is 0 Å². The number of rotatable bonds is 9. The molecule has 0 aromatic rings. The third-order valence-corrected chi connectivity index (χ3v) is 5.11. The molecule has 0 aliphatic heterocycles. The third kappa shape index (κ3) is 10.4. The molecule has 0 saturated heterocycles. The van der Waals surface area contributed by atoms with Crippen LogP contribution in [-0.4, -0.2) is 0 Å². The Balaban J connectivity index is 0. The molecule has 21 heavy (non-hydrogen) atoms. The van der Waals surface area contributed by atoms with E-state index < -0.39 is 0 Å². The lowest BCUT2D eigenvalue weighted by molar-refractivity contribution is 0.164. The first-order chi connectivity index (χ1) is 9.76. The van der Waals surface area contributed by atoms with Crippen LogP contribution >= 0.6 is 0 Å². The highest BCUT2D eigenvalue weighted by Crippen LogP contribution is 2.37. The van der Waals surface area contributed by atoms with Gasteiger partial charge in [0.05, 0.1) is 0 Å². The third-order valence-electron chi connectivity index (χ3n) is 5.11. The molecule has 0 aliphatic rings. The van der Waals surface area contributed by atoms with E-state index in [0.717, 1.165) is 23.7 Å². The molecule has 0 rings (SSSR count). The molecule has 130 valence electrons. The SMILES string of the molecule is CC.CCC(CC)[C@H](CC)CCC(CC(C)C)C(C)(C)C. The van der Waals surface area contributed by atoms with Gasteiger partial charge in [-0.25, -0.2) is 0 Å². The Hall–Kier alpha value is 0. The monoisotopic (exact) mass is 298 g/mol.